The Morgan fingerprint density at radius 2 is 0.968 bits per heavy atom. The van der Waals surface area contributed by atoms with Crippen molar-refractivity contribution in [2.45, 2.75) is 243 Å². The minimum Gasteiger partial charge on any atom is -0.462 e. The summed E-state index contributed by atoms with van der Waals surface area (Å²) in [4.78, 5) is 25.5. The molecule has 0 spiro atoms. The minimum atomic E-state index is -4.61. The van der Waals surface area contributed by atoms with Crippen LogP contribution in [0, 0.1) is 0 Å². The van der Waals surface area contributed by atoms with Crippen LogP contribution in [0.15, 0.2) is 36.5 Å². The summed E-state index contributed by atoms with van der Waals surface area (Å²) in [6, 6.07) is 0. The number of allylic oxidation sites excluding steroid dienone is 6. The van der Waals surface area contributed by atoms with Crippen LogP contribution in [0.2, 0.25) is 0 Å². The lowest BCUT2D eigenvalue weighted by molar-refractivity contribution is -0.297. The van der Waals surface area contributed by atoms with Gasteiger partial charge in [0.05, 0.1) is 6.61 Å². The number of unbranched alkanes of at least 4 members (excludes halogenated alkanes) is 24. The van der Waals surface area contributed by atoms with Gasteiger partial charge in [0.15, 0.2) is 12.4 Å². The van der Waals surface area contributed by atoms with Crippen molar-refractivity contribution < 1.29 is 56.8 Å². The third kappa shape index (κ3) is 33.4. The minimum absolute atomic E-state index is 0.147. The lowest BCUT2D eigenvalue weighted by atomic mass is 10.00. The number of ether oxygens (including phenoxy) is 4. The van der Waals surface area contributed by atoms with Gasteiger partial charge in [0.25, 0.3) is 10.1 Å². The highest BCUT2D eigenvalue weighted by atomic mass is 32.2. The van der Waals surface area contributed by atoms with Crippen LogP contribution >= 0.6 is 0 Å². The SMILES string of the molecule is CCCCCC/C=C/C=C/CCCCCCCC(=O)O[C@H](COC(=O)CCCCCCCCCCC/C=C/CCCCCCCC)CO[C@H]1O[C@H](CS(=O)(=O)O)[C@@H](O)C(O)C1O. The van der Waals surface area contributed by atoms with Crippen LogP contribution in [0.25, 0.3) is 0 Å². The van der Waals surface area contributed by atoms with E-state index in [0.29, 0.717) is 12.8 Å². The summed E-state index contributed by atoms with van der Waals surface area (Å²) in [6.45, 7) is 3.74. The molecule has 2 unspecified atom stereocenters. The molecule has 0 aromatic carbocycles. The van der Waals surface area contributed by atoms with Crippen molar-refractivity contribution in [1.82, 2.24) is 0 Å². The van der Waals surface area contributed by atoms with E-state index in [2.05, 4.69) is 50.3 Å². The average Bonchev–Trinajstić information content (AvgIpc) is 3.24. The third-order valence-corrected chi connectivity index (χ3v) is 12.0. The molecule has 0 aromatic heterocycles. The Bertz CT molecular complexity index is 1290. The highest BCUT2D eigenvalue weighted by Crippen LogP contribution is 2.24. The Balaban J connectivity index is 2.40. The molecule has 0 aliphatic carbocycles. The van der Waals surface area contributed by atoms with Crippen molar-refractivity contribution in [2.75, 3.05) is 19.0 Å². The molecule has 0 saturated carbocycles. The lowest BCUT2D eigenvalue weighted by Gasteiger charge is -2.40. The first-order valence-electron chi connectivity index (χ1n) is 24.6. The summed E-state index contributed by atoms with van der Waals surface area (Å²) >= 11 is 0. The van der Waals surface area contributed by atoms with Crippen LogP contribution in [-0.2, 0) is 38.7 Å². The number of carbonyl (C=O) groups is 2. The van der Waals surface area contributed by atoms with Gasteiger partial charge in [-0.05, 0) is 64.2 Å². The molecule has 1 rings (SSSR count). The zero-order valence-electron chi connectivity index (χ0n) is 38.7. The first-order chi connectivity index (χ1) is 30.0. The average molecular weight is 901 g/mol. The molecular weight excluding hydrogens is 813 g/mol. The van der Waals surface area contributed by atoms with Gasteiger partial charge in [-0.25, -0.2) is 0 Å². The summed E-state index contributed by atoms with van der Waals surface area (Å²) in [6.07, 6.45) is 36.1. The summed E-state index contributed by atoms with van der Waals surface area (Å²) in [5, 5.41) is 30.9. The van der Waals surface area contributed by atoms with Crippen LogP contribution in [0.5, 0.6) is 0 Å². The van der Waals surface area contributed by atoms with Crippen LogP contribution in [0.3, 0.4) is 0 Å². The molecule has 0 radical (unpaired) electrons. The molecular formula is C49H88O12S. The van der Waals surface area contributed by atoms with Gasteiger partial charge in [-0.2, -0.15) is 8.42 Å². The topological polar surface area (TPSA) is 186 Å². The molecule has 0 aromatic rings. The van der Waals surface area contributed by atoms with Gasteiger partial charge in [-0.3, -0.25) is 14.1 Å². The van der Waals surface area contributed by atoms with E-state index in [9.17, 15) is 37.9 Å². The van der Waals surface area contributed by atoms with Crippen molar-refractivity contribution in [1.29, 1.82) is 0 Å². The number of hydrogen-bond donors (Lipinski definition) is 4. The molecule has 1 heterocycles. The molecule has 0 amide bonds. The van der Waals surface area contributed by atoms with Crippen molar-refractivity contribution in [2.24, 2.45) is 0 Å². The largest absolute Gasteiger partial charge is 0.462 e. The smallest absolute Gasteiger partial charge is 0.306 e. The van der Waals surface area contributed by atoms with E-state index in [1.165, 1.54) is 109 Å². The molecule has 62 heavy (non-hydrogen) atoms. The predicted molar refractivity (Wildman–Crippen MR) is 247 cm³/mol. The van der Waals surface area contributed by atoms with Gasteiger partial charge in [0.2, 0.25) is 0 Å². The fourth-order valence-corrected chi connectivity index (χ4v) is 8.06. The Labute approximate surface area is 376 Å². The van der Waals surface area contributed by atoms with E-state index in [-0.39, 0.29) is 19.4 Å². The van der Waals surface area contributed by atoms with Gasteiger partial charge in [-0.1, -0.05) is 166 Å². The fourth-order valence-electron chi connectivity index (χ4n) is 7.37. The van der Waals surface area contributed by atoms with Gasteiger partial charge >= 0.3 is 11.9 Å². The number of aliphatic hydroxyl groups excluding tert-OH is 3. The van der Waals surface area contributed by atoms with Gasteiger partial charge in [0.1, 0.15) is 36.8 Å². The highest BCUT2D eigenvalue weighted by Gasteiger charge is 2.46. The lowest BCUT2D eigenvalue weighted by Crippen LogP contribution is -2.60. The molecule has 1 aliphatic heterocycles. The molecule has 12 nitrogen and oxygen atoms in total. The first kappa shape index (κ1) is 57.9. The van der Waals surface area contributed by atoms with E-state index in [1.54, 1.807) is 0 Å². The second-order valence-corrected chi connectivity index (χ2v) is 18.6. The molecule has 6 atom stereocenters. The molecule has 0 bridgehead atoms. The Kier molecular flexibility index (Phi) is 36.6. The van der Waals surface area contributed by atoms with Crippen LogP contribution in [0.4, 0.5) is 0 Å². The summed E-state index contributed by atoms with van der Waals surface area (Å²) in [5.41, 5.74) is 0. The molecule has 1 saturated heterocycles. The Morgan fingerprint density at radius 1 is 0.548 bits per heavy atom. The zero-order valence-corrected chi connectivity index (χ0v) is 39.5. The molecule has 13 heteroatoms. The molecule has 1 fully saturated rings. The standard InChI is InChI=1S/C49H88O12S/c1-3-5-7-9-11-13-15-17-19-20-21-22-24-25-27-29-31-33-35-37-44(50)58-39-42(40-59-49-48(54)47(53)46(52)43(61-49)41-62(55,56)57)60-45(51)38-36-34-32-30-28-26-23-18-16-14-12-10-8-6-4-2/h14,16-19,23,42-43,46-49,52-54H,3-13,15,20-22,24-41H2,1-2H3,(H,55,56,57)/b16-14+,19-17+,23-18+/t42-,43-,46-,47?,48?,49+/m1/s1. The first-order valence-corrected chi connectivity index (χ1v) is 26.2. The highest BCUT2D eigenvalue weighted by molar-refractivity contribution is 7.85. The van der Waals surface area contributed by atoms with E-state index in [4.69, 9.17) is 18.9 Å². The Morgan fingerprint density at radius 3 is 1.45 bits per heavy atom. The maximum Gasteiger partial charge on any atom is 0.306 e. The maximum absolute atomic E-state index is 12.8. The zero-order chi connectivity index (χ0) is 45.5. The number of esters is 2. The molecule has 4 N–H and O–H groups in total. The fraction of sp³-hybridized carbons (Fsp3) is 0.837. The number of rotatable bonds is 41. The monoisotopic (exact) mass is 901 g/mol. The van der Waals surface area contributed by atoms with Gasteiger partial charge in [0, 0.05) is 12.8 Å². The summed E-state index contributed by atoms with van der Waals surface area (Å²) < 4.78 is 54.1. The van der Waals surface area contributed by atoms with Crippen LogP contribution < -0.4 is 0 Å². The summed E-state index contributed by atoms with van der Waals surface area (Å²) in [7, 11) is -4.61. The van der Waals surface area contributed by atoms with Crippen LogP contribution in [-0.4, -0.2) is 96.0 Å². The van der Waals surface area contributed by atoms with Crippen molar-refractivity contribution >= 4 is 22.1 Å². The summed E-state index contributed by atoms with van der Waals surface area (Å²) in [5.74, 6) is -2.00. The van der Waals surface area contributed by atoms with Crippen LogP contribution in [0.1, 0.15) is 206 Å². The normalized spacial score (nSPS) is 20.1. The second kappa shape index (κ2) is 39.3. The van der Waals surface area contributed by atoms with Crippen molar-refractivity contribution in [3.8, 4) is 0 Å². The van der Waals surface area contributed by atoms with E-state index in [0.717, 1.165) is 57.8 Å². The number of carbonyl (C=O) groups excluding carboxylic acids is 2. The molecule has 1 aliphatic rings. The maximum atomic E-state index is 12.8. The van der Waals surface area contributed by atoms with E-state index in [1.807, 2.05) is 0 Å². The molecule has 362 valence electrons. The predicted octanol–water partition coefficient (Wildman–Crippen LogP) is 10.6. The van der Waals surface area contributed by atoms with Crippen molar-refractivity contribution in [3.05, 3.63) is 36.5 Å². The quantitative estimate of drug-likeness (QED) is 0.0150. The Hall–Kier alpha value is -2.13. The number of hydrogen-bond acceptors (Lipinski definition) is 11. The van der Waals surface area contributed by atoms with Gasteiger partial charge in [-0.15, -0.1) is 0 Å². The number of aliphatic hydroxyl groups is 3. The second-order valence-electron chi connectivity index (χ2n) is 17.2. The van der Waals surface area contributed by atoms with Crippen molar-refractivity contribution in [3.63, 3.8) is 0 Å². The third-order valence-electron chi connectivity index (χ3n) is 11.2. The van der Waals surface area contributed by atoms with Gasteiger partial charge < -0.3 is 34.3 Å². The van der Waals surface area contributed by atoms with E-state index < -0.39 is 71.2 Å². The van der Waals surface area contributed by atoms with E-state index >= 15 is 0 Å².